The van der Waals surface area contributed by atoms with Crippen LogP contribution in [-0.2, 0) is 13.0 Å². The van der Waals surface area contributed by atoms with Crippen molar-refractivity contribution >= 4 is 11.8 Å². The Balaban J connectivity index is 1.33. The van der Waals surface area contributed by atoms with E-state index in [1.807, 2.05) is 42.5 Å². The molecule has 1 aliphatic carbocycles. The minimum Gasteiger partial charge on any atom is -0.350 e. The number of fused-ring (bicyclic) bond motifs is 1. The van der Waals surface area contributed by atoms with Crippen molar-refractivity contribution < 1.29 is 9.59 Å². The van der Waals surface area contributed by atoms with Gasteiger partial charge in [0.05, 0.1) is 11.6 Å². The van der Waals surface area contributed by atoms with E-state index in [1.54, 1.807) is 0 Å². The van der Waals surface area contributed by atoms with Crippen LogP contribution in [0.3, 0.4) is 0 Å². The SMILES string of the molecule is CC[C@@H](NC(=O)c1cc(C(=O)NCC(CC2CC2)c2ccccc2)n2c1CCCC2)c1ccccc1. The highest BCUT2D eigenvalue weighted by atomic mass is 16.2. The van der Waals surface area contributed by atoms with Crippen LogP contribution in [0, 0.1) is 5.92 Å². The Bertz CT molecular complexity index is 1180. The van der Waals surface area contributed by atoms with Gasteiger partial charge in [0.1, 0.15) is 5.69 Å². The second-order valence-corrected chi connectivity index (χ2v) is 10.3. The van der Waals surface area contributed by atoms with Crippen molar-refractivity contribution in [3.8, 4) is 0 Å². The number of amides is 2. The number of carbonyl (C=O) groups is 2. The highest BCUT2D eigenvalue weighted by molar-refractivity contribution is 6.01. The van der Waals surface area contributed by atoms with Crippen LogP contribution in [0.5, 0.6) is 0 Å². The smallest absolute Gasteiger partial charge is 0.267 e. The molecule has 2 heterocycles. The number of carbonyl (C=O) groups excluding carboxylic acids is 2. The third-order valence-corrected chi connectivity index (χ3v) is 7.74. The van der Waals surface area contributed by atoms with Crippen LogP contribution in [-0.4, -0.2) is 22.9 Å². The predicted octanol–water partition coefficient (Wildman–Crippen LogP) is 6.02. The molecule has 0 radical (unpaired) electrons. The van der Waals surface area contributed by atoms with Gasteiger partial charge in [0.2, 0.25) is 0 Å². The molecule has 0 saturated heterocycles. The first kappa shape index (κ1) is 24.4. The van der Waals surface area contributed by atoms with Crippen LogP contribution in [0.4, 0.5) is 0 Å². The summed E-state index contributed by atoms with van der Waals surface area (Å²) in [5.41, 5.74) is 4.63. The third-order valence-electron chi connectivity index (χ3n) is 7.74. The van der Waals surface area contributed by atoms with E-state index in [-0.39, 0.29) is 17.9 Å². The zero-order valence-corrected chi connectivity index (χ0v) is 21.2. The number of hydrogen-bond donors (Lipinski definition) is 2. The second-order valence-electron chi connectivity index (χ2n) is 10.3. The lowest BCUT2D eigenvalue weighted by atomic mass is 9.93. The molecule has 2 amide bonds. The van der Waals surface area contributed by atoms with E-state index in [0.717, 1.165) is 55.8 Å². The first-order chi connectivity index (χ1) is 17.6. The van der Waals surface area contributed by atoms with E-state index in [0.29, 0.717) is 23.7 Å². The Labute approximate surface area is 214 Å². The summed E-state index contributed by atoms with van der Waals surface area (Å²) in [7, 11) is 0. The molecule has 2 aliphatic rings. The minimum atomic E-state index is -0.0914. The summed E-state index contributed by atoms with van der Waals surface area (Å²) in [6.45, 7) is 3.48. The van der Waals surface area contributed by atoms with Gasteiger partial charge in [0, 0.05) is 24.7 Å². The van der Waals surface area contributed by atoms with E-state index in [9.17, 15) is 9.59 Å². The molecular formula is C31H37N3O2. The molecule has 2 aromatic carbocycles. The van der Waals surface area contributed by atoms with Crippen molar-refractivity contribution in [1.82, 2.24) is 15.2 Å². The largest absolute Gasteiger partial charge is 0.350 e. The quantitative estimate of drug-likeness (QED) is 0.370. The predicted molar refractivity (Wildman–Crippen MR) is 143 cm³/mol. The number of hydrogen-bond acceptors (Lipinski definition) is 2. The molecule has 3 aromatic rings. The van der Waals surface area contributed by atoms with Gasteiger partial charge in [-0.05, 0) is 55.2 Å². The average Bonchev–Trinajstić information content (AvgIpc) is 3.67. The molecule has 36 heavy (non-hydrogen) atoms. The fourth-order valence-corrected chi connectivity index (χ4v) is 5.53. The second kappa shape index (κ2) is 11.2. The van der Waals surface area contributed by atoms with Crippen LogP contribution >= 0.6 is 0 Å². The van der Waals surface area contributed by atoms with Gasteiger partial charge in [-0.3, -0.25) is 9.59 Å². The Kier molecular flexibility index (Phi) is 7.55. The number of nitrogens with zero attached hydrogens (tertiary/aromatic N) is 1. The van der Waals surface area contributed by atoms with Crippen LogP contribution in [0.2, 0.25) is 0 Å². The molecule has 1 saturated carbocycles. The molecule has 2 N–H and O–H groups in total. The van der Waals surface area contributed by atoms with Crippen molar-refractivity contribution in [3.05, 3.63) is 94.8 Å². The highest BCUT2D eigenvalue weighted by Crippen LogP contribution is 2.38. The van der Waals surface area contributed by atoms with Crippen molar-refractivity contribution in [2.75, 3.05) is 6.54 Å². The van der Waals surface area contributed by atoms with Gasteiger partial charge in [-0.1, -0.05) is 80.4 Å². The summed E-state index contributed by atoms with van der Waals surface area (Å²) in [6.07, 6.45) is 7.40. The minimum absolute atomic E-state index is 0.0517. The molecule has 0 spiro atoms. The summed E-state index contributed by atoms with van der Waals surface area (Å²) >= 11 is 0. The first-order valence-corrected chi connectivity index (χ1v) is 13.6. The lowest BCUT2D eigenvalue weighted by Gasteiger charge is -2.21. The maximum atomic E-state index is 13.4. The maximum Gasteiger partial charge on any atom is 0.267 e. The Morgan fingerprint density at radius 1 is 0.944 bits per heavy atom. The van der Waals surface area contributed by atoms with Crippen LogP contribution in [0.25, 0.3) is 0 Å². The molecule has 1 unspecified atom stereocenters. The van der Waals surface area contributed by atoms with Gasteiger partial charge in [-0.2, -0.15) is 0 Å². The molecule has 5 nitrogen and oxygen atoms in total. The normalized spacial score (nSPS) is 16.6. The van der Waals surface area contributed by atoms with E-state index in [4.69, 9.17) is 0 Å². The first-order valence-electron chi connectivity index (χ1n) is 13.6. The van der Waals surface area contributed by atoms with Gasteiger partial charge in [0.15, 0.2) is 0 Å². The van der Waals surface area contributed by atoms with Crippen molar-refractivity contribution in [2.45, 2.75) is 70.4 Å². The third kappa shape index (κ3) is 5.56. The molecule has 1 fully saturated rings. The Hall–Kier alpha value is -3.34. The lowest BCUT2D eigenvalue weighted by Crippen LogP contribution is -2.31. The fraction of sp³-hybridized carbons (Fsp3) is 0.419. The fourth-order valence-electron chi connectivity index (χ4n) is 5.53. The van der Waals surface area contributed by atoms with E-state index >= 15 is 0 Å². The van der Waals surface area contributed by atoms with Crippen LogP contribution in [0.1, 0.15) is 95.1 Å². The van der Waals surface area contributed by atoms with E-state index in [2.05, 4.69) is 46.4 Å². The van der Waals surface area contributed by atoms with Crippen molar-refractivity contribution in [2.24, 2.45) is 5.92 Å². The van der Waals surface area contributed by atoms with Crippen LogP contribution in [0.15, 0.2) is 66.7 Å². The lowest BCUT2D eigenvalue weighted by molar-refractivity contribution is 0.0930. The summed E-state index contributed by atoms with van der Waals surface area (Å²) < 4.78 is 2.08. The molecular weight excluding hydrogens is 446 g/mol. The molecule has 5 heteroatoms. The number of benzene rings is 2. The molecule has 188 valence electrons. The molecule has 2 atom stereocenters. The standard InChI is InChI=1S/C31H37N3O2/c1-2-27(24-13-7-4-8-14-24)33-30(35)26-20-29(34-18-10-9-15-28(26)34)31(36)32-21-25(19-22-16-17-22)23-11-5-3-6-12-23/h3-8,11-14,20,22,25,27H,2,9-10,15-19,21H2,1H3,(H,32,36)(H,33,35)/t25?,27-/m1/s1. The summed E-state index contributed by atoms with van der Waals surface area (Å²) in [5.74, 6) is 0.923. The zero-order valence-electron chi connectivity index (χ0n) is 21.2. The van der Waals surface area contributed by atoms with Gasteiger partial charge >= 0.3 is 0 Å². The Morgan fingerprint density at radius 2 is 1.64 bits per heavy atom. The molecule has 1 aromatic heterocycles. The monoisotopic (exact) mass is 483 g/mol. The number of rotatable bonds is 10. The van der Waals surface area contributed by atoms with Gasteiger partial charge in [0.25, 0.3) is 11.8 Å². The Morgan fingerprint density at radius 3 is 2.31 bits per heavy atom. The highest BCUT2D eigenvalue weighted by Gasteiger charge is 2.29. The van der Waals surface area contributed by atoms with Gasteiger partial charge in [-0.25, -0.2) is 0 Å². The topological polar surface area (TPSA) is 63.1 Å². The van der Waals surface area contributed by atoms with Crippen molar-refractivity contribution in [3.63, 3.8) is 0 Å². The average molecular weight is 484 g/mol. The van der Waals surface area contributed by atoms with Crippen LogP contribution < -0.4 is 10.6 Å². The molecule has 0 bridgehead atoms. The maximum absolute atomic E-state index is 13.4. The summed E-state index contributed by atoms with van der Waals surface area (Å²) in [6, 6.07) is 22.4. The number of nitrogens with one attached hydrogen (secondary N) is 2. The number of aromatic nitrogens is 1. The van der Waals surface area contributed by atoms with E-state index in [1.165, 1.54) is 18.4 Å². The summed E-state index contributed by atoms with van der Waals surface area (Å²) in [5, 5.41) is 6.44. The summed E-state index contributed by atoms with van der Waals surface area (Å²) in [4.78, 5) is 26.8. The van der Waals surface area contributed by atoms with Crippen molar-refractivity contribution in [1.29, 1.82) is 0 Å². The molecule has 1 aliphatic heterocycles. The van der Waals surface area contributed by atoms with Gasteiger partial charge < -0.3 is 15.2 Å². The van der Waals surface area contributed by atoms with Gasteiger partial charge in [-0.15, -0.1) is 0 Å². The molecule has 5 rings (SSSR count). The van der Waals surface area contributed by atoms with E-state index < -0.39 is 0 Å². The zero-order chi connectivity index (χ0) is 24.9.